The van der Waals surface area contributed by atoms with Crippen molar-refractivity contribution >= 4 is 21.8 Å². The third kappa shape index (κ3) is 5.20. The van der Waals surface area contributed by atoms with Crippen molar-refractivity contribution in [1.29, 1.82) is 0 Å². The van der Waals surface area contributed by atoms with E-state index in [2.05, 4.69) is 4.72 Å². The minimum atomic E-state index is -3.04. The van der Waals surface area contributed by atoms with Crippen LogP contribution >= 0.6 is 11.8 Å². The van der Waals surface area contributed by atoms with Gasteiger partial charge in [-0.05, 0) is 19.1 Å². The van der Waals surface area contributed by atoms with Crippen LogP contribution in [0.5, 0.6) is 0 Å². The van der Waals surface area contributed by atoms with Crippen molar-refractivity contribution in [3.63, 3.8) is 0 Å². The van der Waals surface area contributed by atoms with E-state index in [1.54, 1.807) is 18.7 Å². The van der Waals surface area contributed by atoms with Gasteiger partial charge >= 0.3 is 0 Å². The molecule has 0 amide bonds. The number of sulfonamides is 1. The van der Waals surface area contributed by atoms with Gasteiger partial charge in [-0.2, -0.15) is 0 Å². The van der Waals surface area contributed by atoms with Gasteiger partial charge in [0.25, 0.3) is 0 Å². The molecular weight excluding hydrogens is 230 g/mol. The molecule has 84 valence electrons. The highest BCUT2D eigenvalue weighted by Crippen LogP contribution is 2.15. The molecule has 0 spiro atoms. The zero-order valence-electron chi connectivity index (χ0n) is 8.64. The van der Waals surface area contributed by atoms with E-state index in [0.717, 1.165) is 10.6 Å². The second-order valence-electron chi connectivity index (χ2n) is 2.96. The van der Waals surface area contributed by atoms with Crippen LogP contribution in [0.15, 0.2) is 35.2 Å². The molecule has 3 nitrogen and oxygen atoms in total. The number of rotatable bonds is 6. The number of hydrogen-bond acceptors (Lipinski definition) is 3. The molecule has 0 unspecified atom stereocenters. The molecule has 1 rings (SSSR count). The van der Waals surface area contributed by atoms with Crippen LogP contribution in [0, 0.1) is 0 Å². The van der Waals surface area contributed by atoms with Crippen molar-refractivity contribution in [2.75, 3.05) is 18.1 Å². The molecule has 15 heavy (non-hydrogen) atoms. The fraction of sp³-hybridized carbons (Fsp3) is 0.400. The Kier molecular flexibility index (Phi) is 5.14. The Balaban J connectivity index is 2.24. The van der Waals surface area contributed by atoms with Crippen LogP contribution < -0.4 is 4.72 Å². The van der Waals surface area contributed by atoms with Gasteiger partial charge in [0, 0.05) is 17.2 Å². The lowest BCUT2D eigenvalue weighted by atomic mass is 10.4. The zero-order chi connectivity index (χ0) is 11.1. The average Bonchev–Trinajstić information content (AvgIpc) is 2.26. The maximum Gasteiger partial charge on any atom is 0.211 e. The smallest absolute Gasteiger partial charge is 0.211 e. The second-order valence-corrected chi connectivity index (χ2v) is 6.22. The predicted molar refractivity (Wildman–Crippen MR) is 64.6 cm³/mol. The summed E-state index contributed by atoms with van der Waals surface area (Å²) in [7, 11) is -3.04. The highest BCUT2D eigenvalue weighted by molar-refractivity contribution is 7.99. The molecule has 0 aliphatic heterocycles. The molecule has 0 radical (unpaired) electrons. The molecule has 0 bridgehead atoms. The van der Waals surface area contributed by atoms with E-state index in [1.807, 2.05) is 30.3 Å². The summed E-state index contributed by atoms with van der Waals surface area (Å²) in [5.41, 5.74) is 0. The Hall–Kier alpha value is -0.520. The molecule has 0 aliphatic carbocycles. The van der Waals surface area contributed by atoms with Gasteiger partial charge in [-0.1, -0.05) is 18.2 Å². The van der Waals surface area contributed by atoms with Crippen LogP contribution in [-0.2, 0) is 10.0 Å². The molecule has 0 aromatic heterocycles. The number of nitrogens with one attached hydrogen (secondary N) is 1. The highest BCUT2D eigenvalue weighted by atomic mass is 32.2. The first kappa shape index (κ1) is 12.5. The van der Waals surface area contributed by atoms with Gasteiger partial charge in [0.05, 0.1) is 5.75 Å². The topological polar surface area (TPSA) is 46.2 Å². The molecule has 0 fully saturated rings. The number of benzene rings is 1. The minimum absolute atomic E-state index is 0.142. The summed E-state index contributed by atoms with van der Waals surface area (Å²) in [6.07, 6.45) is 0. The summed E-state index contributed by atoms with van der Waals surface area (Å²) in [6, 6.07) is 9.93. The van der Waals surface area contributed by atoms with Crippen LogP contribution in [0.3, 0.4) is 0 Å². The van der Waals surface area contributed by atoms with Gasteiger partial charge in [0.2, 0.25) is 10.0 Å². The Morgan fingerprint density at radius 2 is 1.93 bits per heavy atom. The van der Waals surface area contributed by atoms with Gasteiger partial charge in [0.15, 0.2) is 0 Å². The lowest BCUT2D eigenvalue weighted by Gasteiger charge is -2.03. The average molecular weight is 245 g/mol. The summed E-state index contributed by atoms with van der Waals surface area (Å²) in [5.74, 6) is 0.895. The molecule has 1 N–H and O–H groups in total. The minimum Gasteiger partial charge on any atom is -0.214 e. The fourth-order valence-electron chi connectivity index (χ4n) is 0.985. The van der Waals surface area contributed by atoms with Crippen molar-refractivity contribution in [2.45, 2.75) is 11.8 Å². The predicted octanol–water partition coefficient (Wildman–Crippen LogP) is 1.72. The van der Waals surface area contributed by atoms with E-state index in [4.69, 9.17) is 0 Å². The summed E-state index contributed by atoms with van der Waals surface area (Å²) >= 11 is 1.64. The summed E-state index contributed by atoms with van der Waals surface area (Å²) in [4.78, 5) is 1.16. The zero-order valence-corrected chi connectivity index (χ0v) is 10.3. The van der Waals surface area contributed by atoms with Crippen molar-refractivity contribution in [3.05, 3.63) is 30.3 Å². The molecule has 0 aliphatic rings. The first-order valence-corrected chi connectivity index (χ1v) is 7.43. The molecule has 0 heterocycles. The van der Waals surface area contributed by atoms with E-state index in [9.17, 15) is 8.42 Å². The first-order valence-electron chi connectivity index (χ1n) is 4.79. The summed E-state index contributed by atoms with van der Waals surface area (Å²) < 4.78 is 24.7. The Morgan fingerprint density at radius 1 is 1.27 bits per heavy atom. The standard InChI is InChI=1S/C10H15NO2S2/c1-2-15(12,13)11-8-9-14-10-6-4-3-5-7-10/h3-7,11H,2,8-9H2,1H3. The van der Waals surface area contributed by atoms with E-state index in [-0.39, 0.29) is 5.75 Å². The van der Waals surface area contributed by atoms with Gasteiger partial charge in [-0.15, -0.1) is 11.8 Å². The fourth-order valence-corrected chi connectivity index (χ4v) is 2.52. The molecule has 1 aromatic carbocycles. The van der Waals surface area contributed by atoms with E-state index in [1.165, 1.54) is 0 Å². The van der Waals surface area contributed by atoms with Gasteiger partial charge in [0.1, 0.15) is 0 Å². The van der Waals surface area contributed by atoms with Crippen molar-refractivity contribution in [2.24, 2.45) is 0 Å². The SMILES string of the molecule is CCS(=O)(=O)NCCSc1ccccc1. The molecule has 0 saturated carbocycles. The largest absolute Gasteiger partial charge is 0.214 e. The molecule has 0 saturated heterocycles. The first-order chi connectivity index (χ1) is 7.14. The second kappa shape index (κ2) is 6.15. The highest BCUT2D eigenvalue weighted by Gasteiger charge is 2.04. The Labute approximate surface area is 95.3 Å². The number of hydrogen-bond donors (Lipinski definition) is 1. The van der Waals surface area contributed by atoms with Crippen LogP contribution in [0.2, 0.25) is 0 Å². The summed E-state index contributed by atoms with van der Waals surface area (Å²) in [6.45, 7) is 2.11. The van der Waals surface area contributed by atoms with Crippen molar-refractivity contribution in [3.8, 4) is 0 Å². The molecule has 0 atom stereocenters. The van der Waals surface area contributed by atoms with Gasteiger partial charge in [-0.25, -0.2) is 13.1 Å². The lowest BCUT2D eigenvalue weighted by Crippen LogP contribution is -2.27. The third-order valence-corrected chi connectivity index (χ3v) is 4.23. The maximum absolute atomic E-state index is 11.1. The van der Waals surface area contributed by atoms with Crippen LogP contribution in [0.25, 0.3) is 0 Å². The quantitative estimate of drug-likeness (QED) is 0.613. The van der Waals surface area contributed by atoms with Crippen LogP contribution in [0.1, 0.15) is 6.92 Å². The van der Waals surface area contributed by atoms with E-state index < -0.39 is 10.0 Å². The maximum atomic E-state index is 11.1. The van der Waals surface area contributed by atoms with Crippen LogP contribution in [0.4, 0.5) is 0 Å². The lowest BCUT2D eigenvalue weighted by molar-refractivity contribution is 0.585. The monoisotopic (exact) mass is 245 g/mol. The van der Waals surface area contributed by atoms with Crippen molar-refractivity contribution < 1.29 is 8.42 Å². The van der Waals surface area contributed by atoms with E-state index in [0.29, 0.717) is 6.54 Å². The third-order valence-electron chi connectivity index (χ3n) is 1.82. The number of thioether (sulfide) groups is 1. The molecule has 5 heteroatoms. The van der Waals surface area contributed by atoms with Gasteiger partial charge < -0.3 is 0 Å². The summed E-state index contributed by atoms with van der Waals surface area (Å²) in [5, 5.41) is 0. The molecular formula is C10H15NO2S2. The molecule has 1 aromatic rings. The van der Waals surface area contributed by atoms with E-state index >= 15 is 0 Å². The van der Waals surface area contributed by atoms with Crippen molar-refractivity contribution in [1.82, 2.24) is 4.72 Å². The van der Waals surface area contributed by atoms with Gasteiger partial charge in [-0.3, -0.25) is 0 Å². The Bertz CT molecular complexity index is 376. The van der Waals surface area contributed by atoms with Crippen LogP contribution in [-0.4, -0.2) is 26.5 Å². The Morgan fingerprint density at radius 3 is 2.53 bits per heavy atom. The normalized spacial score (nSPS) is 11.5.